The van der Waals surface area contributed by atoms with Crippen LogP contribution in [0.15, 0.2) is 66.7 Å². The zero-order valence-corrected chi connectivity index (χ0v) is 26.8. The van der Waals surface area contributed by atoms with E-state index in [1.807, 2.05) is 32.0 Å². The first-order chi connectivity index (χ1) is 21.9. The minimum Gasteiger partial charge on any atom is -0.480 e. The van der Waals surface area contributed by atoms with Crippen molar-refractivity contribution in [3.05, 3.63) is 89.0 Å². The highest BCUT2D eigenvalue weighted by Gasteiger charge is 2.34. The number of likely N-dealkylation sites (N-methyl/N-ethyl adjacent to an activating group) is 1. The smallest absolute Gasteiger partial charge is 0.323 e. The Bertz CT molecular complexity index is 1710. The van der Waals surface area contributed by atoms with Crippen molar-refractivity contribution in [2.45, 2.75) is 58.0 Å². The molecule has 0 radical (unpaired) electrons. The van der Waals surface area contributed by atoms with Crippen LogP contribution in [0.5, 0.6) is 0 Å². The summed E-state index contributed by atoms with van der Waals surface area (Å²) in [5.41, 5.74) is 4.04. The van der Waals surface area contributed by atoms with Crippen molar-refractivity contribution >= 4 is 50.9 Å². The molecule has 12 nitrogen and oxygen atoms in total. The van der Waals surface area contributed by atoms with Crippen molar-refractivity contribution in [2.24, 2.45) is 0 Å². The lowest BCUT2D eigenvalue weighted by Crippen LogP contribution is -2.41. The van der Waals surface area contributed by atoms with E-state index in [0.29, 0.717) is 48.3 Å². The van der Waals surface area contributed by atoms with Gasteiger partial charge in [0.05, 0.1) is 17.0 Å². The molecular formula is C33H39N5O7S. The van der Waals surface area contributed by atoms with Gasteiger partial charge in [-0.05, 0) is 79.6 Å². The number of carbonyl (C=O) groups excluding carboxylic acids is 3. The first-order valence-corrected chi connectivity index (χ1v) is 16.7. The largest absolute Gasteiger partial charge is 0.480 e. The van der Waals surface area contributed by atoms with Crippen LogP contribution >= 0.6 is 0 Å². The minimum atomic E-state index is -3.71. The fourth-order valence-corrected chi connectivity index (χ4v) is 6.63. The number of nitrogens with zero attached hydrogens (tertiary/aromatic N) is 1. The Kier molecular flexibility index (Phi) is 11.1. The third-order valence-corrected chi connectivity index (χ3v) is 9.22. The Labute approximate surface area is 268 Å². The number of amides is 4. The SMILES string of the molecule is CCCCS(=O)(=O)NC(CCCc1ccc2c(c1)C(=O)N(C)C(c1ccc(NC(=O)Nc3ccccc3C)cc1)C(=O)N2)C(=O)O. The van der Waals surface area contributed by atoms with E-state index < -0.39 is 40.0 Å². The molecule has 3 aromatic carbocycles. The van der Waals surface area contributed by atoms with E-state index in [9.17, 15) is 32.7 Å². The van der Waals surface area contributed by atoms with Crippen molar-refractivity contribution in [1.82, 2.24) is 9.62 Å². The Morgan fingerprint density at radius 1 is 1.00 bits per heavy atom. The van der Waals surface area contributed by atoms with Gasteiger partial charge in [-0.3, -0.25) is 14.4 Å². The highest BCUT2D eigenvalue weighted by Crippen LogP contribution is 2.31. The molecule has 0 aromatic heterocycles. The number of nitrogens with one attached hydrogen (secondary N) is 4. The van der Waals surface area contributed by atoms with Gasteiger partial charge in [0.2, 0.25) is 10.0 Å². The van der Waals surface area contributed by atoms with Crippen molar-refractivity contribution in [1.29, 1.82) is 0 Å². The molecule has 3 aromatic rings. The summed E-state index contributed by atoms with van der Waals surface area (Å²) in [5.74, 6) is -2.17. The van der Waals surface area contributed by atoms with Gasteiger partial charge < -0.3 is 26.0 Å². The highest BCUT2D eigenvalue weighted by molar-refractivity contribution is 7.89. The highest BCUT2D eigenvalue weighted by atomic mass is 32.2. The fourth-order valence-electron chi connectivity index (χ4n) is 5.19. The number of aliphatic carboxylic acids is 1. The Balaban J connectivity index is 1.40. The molecule has 5 N–H and O–H groups in total. The van der Waals surface area contributed by atoms with Crippen LogP contribution in [0.2, 0.25) is 0 Å². The number of carboxylic acid groups (broad SMARTS) is 1. The maximum Gasteiger partial charge on any atom is 0.323 e. The minimum absolute atomic E-state index is 0.0723. The quantitative estimate of drug-likeness (QED) is 0.175. The van der Waals surface area contributed by atoms with Gasteiger partial charge in [-0.15, -0.1) is 0 Å². The van der Waals surface area contributed by atoms with Gasteiger partial charge in [0.25, 0.3) is 11.8 Å². The van der Waals surface area contributed by atoms with E-state index in [0.717, 1.165) is 11.1 Å². The van der Waals surface area contributed by atoms with Crippen LogP contribution in [0.3, 0.4) is 0 Å². The third-order valence-electron chi connectivity index (χ3n) is 7.75. The number of unbranched alkanes of at least 4 members (excludes halogenated alkanes) is 1. The van der Waals surface area contributed by atoms with Gasteiger partial charge >= 0.3 is 12.0 Å². The van der Waals surface area contributed by atoms with Gasteiger partial charge in [0.1, 0.15) is 12.1 Å². The Morgan fingerprint density at radius 2 is 1.72 bits per heavy atom. The van der Waals surface area contributed by atoms with E-state index in [4.69, 9.17) is 0 Å². The second-order valence-electron chi connectivity index (χ2n) is 11.3. The molecule has 2 atom stereocenters. The number of carboxylic acids is 1. The van der Waals surface area contributed by atoms with Gasteiger partial charge in [0.15, 0.2) is 0 Å². The summed E-state index contributed by atoms with van der Waals surface area (Å²) >= 11 is 0. The lowest BCUT2D eigenvalue weighted by molar-refractivity contribution is -0.139. The molecule has 13 heteroatoms. The number of anilines is 3. The van der Waals surface area contributed by atoms with E-state index in [1.54, 1.807) is 48.5 Å². The zero-order valence-electron chi connectivity index (χ0n) is 26.0. The maximum absolute atomic E-state index is 13.6. The summed E-state index contributed by atoms with van der Waals surface area (Å²) in [6, 6.07) is 16.5. The summed E-state index contributed by atoms with van der Waals surface area (Å²) in [6.07, 6.45) is 1.93. The van der Waals surface area contributed by atoms with Gasteiger partial charge in [-0.1, -0.05) is 49.7 Å². The number of hydrogen-bond acceptors (Lipinski definition) is 6. The van der Waals surface area contributed by atoms with E-state index in [2.05, 4.69) is 20.7 Å². The summed E-state index contributed by atoms with van der Waals surface area (Å²) in [5, 5.41) is 17.9. The molecule has 0 saturated heterocycles. The van der Waals surface area contributed by atoms with Crippen molar-refractivity contribution in [3.8, 4) is 0 Å². The molecule has 244 valence electrons. The second-order valence-corrected chi connectivity index (χ2v) is 13.2. The first kappa shape index (κ1) is 34.1. The number of carbonyl (C=O) groups is 4. The van der Waals surface area contributed by atoms with Crippen LogP contribution in [0.25, 0.3) is 0 Å². The first-order valence-electron chi connectivity index (χ1n) is 15.1. The molecule has 4 amide bonds. The predicted octanol–water partition coefficient (Wildman–Crippen LogP) is 4.90. The van der Waals surface area contributed by atoms with Crippen molar-refractivity contribution < 1.29 is 32.7 Å². The van der Waals surface area contributed by atoms with Gasteiger partial charge in [-0.25, -0.2) is 17.9 Å². The number of sulfonamides is 1. The van der Waals surface area contributed by atoms with E-state index >= 15 is 0 Å². The van der Waals surface area contributed by atoms with Gasteiger partial charge in [0, 0.05) is 18.4 Å². The summed E-state index contributed by atoms with van der Waals surface area (Å²) in [6.45, 7) is 3.74. The standard InChI is InChI=1S/C33H39N5O7S/c1-4-5-19-46(44,45)37-28(32(41)42)12-8-10-22-13-18-27-25(20-22)31(40)38(3)29(30(39)35-27)23-14-16-24(17-15-23)34-33(43)36-26-11-7-6-9-21(26)2/h6-7,9,11,13-18,20,28-29,37H,4-5,8,10,12,19H2,1-3H3,(H,35,39)(H,41,42)(H2,34,36,43). The van der Waals surface area contributed by atoms with Crippen LogP contribution in [0.4, 0.5) is 21.9 Å². The third kappa shape index (κ3) is 8.70. The molecule has 0 fully saturated rings. The molecule has 1 aliphatic rings. The zero-order chi connectivity index (χ0) is 33.4. The van der Waals surface area contributed by atoms with Crippen LogP contribution < -0.4 is 20.7 Å². The average molecular weight is 650 g/mol. The van der Waals surface area contributed by atoms with Crippen LogP contribution in [-0.2, 0) is 26.0 Å². The lowest BCUT2D eigenvalue weighted by Gasteiger charge is -2.25. The number of benzene rings is 3. The van der Waals surface area contributed by atoms with Crippen LogP contribution in [0.1, 0.15) is 65.7 Å². The number of hydrogen-bond donors (Lipinski definition) is 5. The molecule has 0 bridgehead atoms. The average Bonchev–Trinajstić information content (AvgIpc) is 3.10. The number of rotatable bonds is 13. The fraction of sp³-hybridized carbons (Fsp3) is 0.333. The molecule has 0 spiro atoms. The summed E-state index contributed by atoms with van der Waals surface area (Å²) in [7, 11) is -2.17. The second kappa shape index (κ2) is 15.0. The van der Waals surface area contributed by atoms with E-state index in [1.165, 1.54) is 11.9 Å². The Hall–Kier alpha value is -4.75. The normalized spacial score (nSPS) is 15.4. The van der Waals surface area contributed by atoms with Crippen LogP contribution in [0, 0.1) is 6.92 Å². The van der Waals surface area contributed by atoms with E-state index in [-0.39, 0.29) is 23.6 Å². The van der Waals surface area contributed by atoms with Gasteiger partial charge in [-0.2, -0.15) is 0 Å². The monoisotopic (exact) mass is 649 g/mol. The predicted molar refractivity (Wildman–Crippen MR) is 176 cm³/mol. The van der Waals surface area contributed by atoms with Crippen molar-refractivity contribution in [3.63, 3.8) is 0 Å². The lowest BCUT2D eigenvalue weighted by atomic mass is 10.0. The molecule has 2 unspecified atom stereocenters. The Morgan fingerprint density at radius 3 is 2.39 bits per heavy atom. The number of fused-ring (bicyclic) bond motifs is 1. The number of para-hydroxylation sites is 1. The summed E-state index contributed by atoms with van der Waals surface area (Å²) < 4.78 is 26.7. The molecule has 4 rings (SSSR count). The maximum atomic E-state index is 13.6. The van der Waals surface area contributed by atoms with Crippen molar-refractivity contribution in [2.75, 3.05) is 28.8 Å². The molecule has 1 heterocycles. The summed E-state index contributed by atoms with van der Waals surface area (Å²) in [4.78, 5) is 52.4. The molecule has 0 saturated carbocycles. The van der Waals surface area contributed by atoms with Crippen LogP contribution in [-0.4, -0.2) is 61.1 Å². The molecule has 1 aliphatic heterocycles. The topological polar surface area (TPSA) is 174 Å². The number of aryl methyl sites for hydroxylation is 2. The number of urea groups is 1. The molecule has 0 aliphatic carbocycles. The molecular weight excluding hydrogens is 610 g/mol. The molecule has 46 heavy (non-hydrogen) atoms.